The monoisotopic (exact) mass is 282 g/mol. The lowest BCUT2D eigenvalue weighted by molar-refractivity contribution is 0.590. The Kier molecular flexibility index (Phi) is 2.49. The molecule has 2 heterocycles. The van der Waals surface area contributed by atoms with Gasteiger partial charge in [0, 0.05) is 6.54 Å². The molecule has 0 bridgehead atoms. The summed E-state index contributed by atoms with van der Waals surface area (Å²) in [5, 5.41) is 7.32. The van der Waals surface area contributed by atoms with E-state index in [0.717, 1.165) is 16.9 Å². The number of benzene rings is 1. The normalized spacial score (nSPS) is 14.8. The molecule has 0 fully saturated rings. The minimum atomic E-state index is -3.63. The van der Waals surface area contributed by atoms with Gasteiger partial charge >= 0.3 is 0 Å². The van der Waals surface area contributed by atoms with E-state index < -0.39 is 10.0 Å². The van der Waals surface area contributed by atoms with Crippen LogP contribution in [0.2, 0.25) is 0 Å². The van der Waals surface area contributed by atoms with Crippen LogP contribution in [-0.2, 0) is 16.4 Å². The Morgan fingerprint density at radius 1 is 1.28 bits per heavy atom. The van der Waals surface area contributed by atoms with E-state index in [0.29, 0.717) is 18.7 Å². The standard InChI is InChI=1S/C10H10N4O2S2/c11-9-12-13-10(17-9)18(15,16)14-6-5-7-3-1-2-4-8(7)14/h1-4H,5-6H2,(H2,11,12). The van der Waals surface area contributed by atoms with Gasteiger partial charge in [-0.05, 0) is 18.1 Å². The Bertz CT molecular complexity index is 695. The number of nitrogens with two attached hydrogens (primary N) is 1. The Labute approximate surface area is 108 Å². The molecule has 94 valence electrons. The van der Waals surface area contributed by atoms with Crippen LogP contribution < -0.4 is 10.0 Å². The van der Waals surface area contributed by atoms with Gasteiger partial charge in [0.1, 0.15) is 0 Å². The molecule has 18 heavy (non-hydrogen) atoms. The molecule has 1 aliphatic heterocycles. The highest BCUT2D eigenvalue weighted by molar-refractivity contribution is 7.94. The second-order valence-corrected chi connectivity index (χ2v) is 6.91. The predicted molar refractivity (Wildman–Crippen MR) is 69.0 cm³/mol. The van der Waals surface area contributed by atoms with Crippen molar-refractivity contribution in [3.05, 3.63) is 29.8 Å². The molecule has 0 amide bonds. The zero-order valence-electron chi connectivity index (χ0n) is 9.28. The number of sulfonamides is 1. The van der Waals surface area contributed by atoms with Gasteiger partial charge in [0.2, 0.25) is 5.13 Å². The summed E-state index contributed by atoms with van der Waals surface area (Å²) >= 11 is 0.882. The first-order valence-corrected chi connectivity index (χ1v) is 7.54. The molecule has 8 heteroatoms. The van der Waals surface area contributed by atoms with E-state index in [9.17, 15) is 8.42 Å². The van der Waals surface area contributed by atoms with E-state index in [-0.39, 0.29) is 9.47 Å². The van der Waals surface area contributed by atoms with Gasteiger partial charge in [0.25, 0.3) is 14.4 Å². The molecular formula is C10H10N4O2S2. The topological polar surface area (TPSA) is 89.2 Å². The number of nitrogens with zero attached hydrogens (tertiary/aromatic N) is 3. The molecular weight excluding hydrogens is 272 g/mol. The molecule has 3 rings (SSSR count). The van der Waals surface area contributed by atoms with Crippen LogP contribution in [0.3, 0.4) is 0 Å². The van der Waals surface area contributed by atoms with Crippen molar-refractivity contribution < 1.29 is 8.42 Å². The lowest BCUT2D eigenvalue weighted by atomic mass is 10.2. The number of hydrogen-bond acceptors (Lipinski definition) is 6. The van der Waals surface area contributed by atoms with Gasteiger partial charge in [-0.3, -0.25) is 4.31 Å². The maximum Gasteiger partial charge on any atom is 0.293 e. The quantitative estimate of drug-likeness (QED) is 0.883. The van der Waals surface area contributed by atoms with E-state index in [2.05, 4.69) is 10.2 Å². The number of fused-ring (bicyclic) bond motifs is 1. The van der Waals surface area contributed by atoms with Crippen molar-refractivity contribution in [2.45, 2.75) is 10.8 Å². The molecule has 0 saturated carbocycles. The second kappa shape index (κ2) is 3.92. The highest BCUT2D eigenvalue weighted by Gasteiger charge is 2.33. The van der Waals surface area contributed by atoms with Crippen molar-refractivity contribution in [1.29, 1.82) is 0 Å². The number of aromatic nitrogens is 2. The fraction of sp³-hybridized carbons (Fsp3) is 0.200. The molecule has 1 aliphatic rings. The lowest BCUT2D eigenvalue weighted by Crippen LogP contribution is -2.29. The Morgan fingerprint density at radius 2 is 2.06 bits per heavy atom. The number of para-hydroxylation sites is 1. The Balaban J connectivity index is 2.07. The van der Waals surface area contributed by atoms with Crippen molar-refractivity contribution in [2.75, 3.05) is 16.6 Å². The third-order valence-electron chi connectivity index (χ3n) is 2.78. The molecule has 1 aromatic carbocycles. The van der Waals surface area contributed by atoms with Gasteiger partial charge in [-0.2, -0.15) is 8.42 Å². The third-order valence-corrected chi connectivity index (χ3v) is 5.69. The van der Waals surface area contributed by atoms with Crippen LogP contribution in [0.25, 0.3) is 0 Å². The SMILES string of the molecule is Nc1nnc(S(=O)(=O)N2CCc3ccccc32)s1. The lowest BCUT2D eigenvalue weighted by Gasteiger charge is -2.16. The minimum Gasteiger partial charge on any atom is -0.374 e. The van der Waals surface area contributed by atoms with Gasteiger partial charge in [0.15, 0.2) is 0 Å². The summed E-state index contributed by atoms with van der Waals surface area (Å²) in [7, 11) is -3.63. The van der Waals surface area contributed by atoms with Crippen LogP contribution in [0.1, 0.15) is 5.56 Å². The fourth-order valence-corrected chi connectivity index (χ4v) is 4.37. The van der Waals surface area contributed by atoms with Gasteiger partial charge in [-0.25, -0.2) is 0 Å². The smallest absolute Gasteiger partial charge is 0.293 e. The predicted octanol–water partition coefficient (Wildman–Crippen LogP) is 0.872. The van der Waals surface area contributed by atoms with Crippen molar-refractivity contribution in [2.24, 2.45) is 0 Å². The molecule has 0 unspecified atom stereocenters. The fourth-order valence-electron chi connectivity index (χ4n) is 1.98. The van der Waals surface area contributed by atoms with Gasteiger partial charge in [-0.1, -0.05) is 29.5 Å². The van der Waals surface area contributed by atoms with Crippen LogP contribution >= 0.6 is 11.3 Å². The zero-order chi connectivity index (χ0) is 12.8. The van der Waals surface area contributed by atoms with E-state index in [1.165, 1.54) is 4.31 Å². The average molecular weight is 282 g/mol. The van der Waals surface area contributed by atoms with Crippen molar-refractivity contribution in [3.8, 4) is 0 Å². The van der Waals surface area contributed by atoms with Crippen LogP contribution in [0.15, 0.2) is 28.6 Å². The Morgan fingerprint density at radius 3 is 2.78 bits per heavy atom. The largest absolute Gasteiger partial charge is 0.374 e. The average Bonchev–Trinajstić information content (AvgIpc) is 2.95. The van der Waals surface area contributed by atoms with E-state index >= 15 is 0 Å². The van der Waals surface area contributed by atoms with Gasteiger partial charge in [0.05, 0.1) is 5.69 Å². The van der Waals surface area contributed by atoms with Crippen LogP contribution in [0.5, 0.6) is 0 Å². The number of hydrogen-bond donors (Lipinski definition) is 1. The maximum absolute atomic E-state index is 12.4. The number of nitrogen functional groups attached to an aromatic ring is 1. The Hall–Kier alpha value is -1.67. The first kappa shape index (κ1) is 11.4. The van der Waals surface area contributed by atoms with E-state index in [4.69, 9.17) is 5.73 Å². The first-order valence-electron chi connectivity index (χ1n) is 5.28. The zero-order valence-corrected chi connectivity index (χ0v) is 10.9. The summed E-state index contributed by atoms with van der Waals surface area (Å²) in [4.78, 5) is 0. The summed E-state index contributed by atoms with van der Waals surface area (Å²) < 4.78 is 26.1. The maximum atomic E-state index is 12.4. The molecule has 0 spiro atoms. The molecule has 0 saturated heterocycles. The molecule has 0 atom stereocenters. The third kappa shape index (κ3) is 1.65. The van der Waals surface area contributed by atoms with Crippen LogP contribution in [0.4, 0.5) is 10.8 Å². The summed E-state index contributed by atoms with van der Waals surface area (Å²) in [6.45, 7) is 0.432. The minimum absolute atomic E-state index is 0.0586. The molecule has 0 aliphatic carbocycles. The van der Waals surface area contributed by atoms with E-state index in [1.807, 2.05) is 18.2 Å². The van der Waals surface area contributed by atoms with Gasteiger partial charge < -0.3 is 5.73 Å². The summed E-state index contributed by atoms with van der Waals surface area (Å²) in [5.41, 5.74) is 7.17. The number of anilines is 2. The van der Waals surface area contributed by atoms with Crippen molar-refractivity contribution in [3.63, 3.8) is 0 Å². The molecule has 6 nitrogen and oxygen atoms in total. The molecule has 2 N–H and O–H groups in total. The first-order chi connectivity index (χ1) is 8.59. The van der Waals surface area contributed by atoms with Crippen LogP contribution in [0, 0.1) is 0 Å². The molecule has 2 aromatic rings. The summed E-state index contributed by atoms with van der Waals surface area (Å²) in [5.74, 6) is 0. The summed E-state index contributed by atoms with van der Waals surface area (Å²) in [6, 6.07) is 7.45. The summed E-state index contributed by atoms with van der Waals surface area (Å²) in [6.07, 6.45) is 0.712. The van der Waals surface area contributed by atoms with Crippen molar-refractivity contribution in [1.82, 2.24) is 10.2 Å². The second-order valence-electron chi connectivity index (χ2n) is 3.86. The highest BCUT2D eigenvalue weighted by atomic mass is 32.2. The van der Waals surface area contributed by atoms with E-state index in [1.54, 1.807) is 6.07 Å². The molecule has 1 aromatic heterocycles. The number of rotatable bonds is 2. The highest BCUT2D eigenvalue weighted by Crippen LogP contribution is 2.33. The molecule has 0 radical (unpaired) electrons. The van der Waals surface area contributed by atoms with Crippen LogP contribution in [-0.4, -0.2) is 25.2 Å². The van der Waals surface area contributed by atoms with Crippen molar-refractivity contribution >= 4 is 32.2 Å². The van der Waals surface area contributed by atoms with Gasteiger partial charge in [-0.15, -0.1) is 10.2 Å².